The first-order valence-corrected chi connectivity index (χ1v) is 5.41. The third kappa shape index (κ3) is 3.22. The van der Waals surface area contributed by atoms with E-state index < -0.39 is 6.10 Å². The molecule has 0 fully saturated rings. The van der Waals surface area contributed by atoms with Crippen LogP contribution >= 0.6 is 0 Å². The summed E-state index contributed by atoms with van der Waals surface area (Å²) in [5.41, 5.74) is 1.62. The summed E-state index contributed by atoms with van der Waals surface area (Å²) in [6, 6.07) is 3.31. The summed E-state index contributed by atoms with van der Waals surface area (Å²) in [6.45, 7) is 3.33. The number of aromatic hydroxyl groups is 1. The first-order valence-electron chi connectivity index (χ1n) is 5.41. The van der Waals surface area contributed by atoms with Gasteiger partial charge >= 0.3 is 0 Å². The molecule has 0 saturated heterocycles. The molecular formula is C13H18O4. The molecular weight excluding hydrogens is 220 g/mol. The molecule has 4 nitrogen and oxygen atoms in total. The van der Waals surface area contributed by atoms with Crippen molar-refractivity contribution in [2.45, 2.75) is 18.9 Å². The number of aliphatic hydroxyl groups is 2. The van der Waals surface area contributed by atoms with Crippen molar-refractivity contribution < 1.29 is 20.1 Å². The Morgan fingerprint density at radius 3 is 2.71 bits per heavy atom. The minimum absolute atomic E-state index is 0.0282. The largest absolute Gasteiger partial charge is 0.504 e. The highest BCUT2D eigenvalue weighted by molar-refractivity contribution is 5.50. The molecule has 0 bridgehead atoms. The molecule has 3 N–H and O–H groups in total. The number of benzene rings is 1. The molecule has 17 heavy (non-hydrogen) atoms. The predicted octanol–water partition coefficient (Wildman–Crippen LogP) is 1.02. The van der Waals surface area contributed by atoms with E-state index in [0.717, 1.165) is 5.56 Å². The summed E-state index contributed by atoms with van der Waals surface area (Å²) < 4.78 is 5.13. The highest BCUT2D eigenvalue weighted by Crippen LogP contribution is 2.33. The van der Waals surface area contributed by atoms with Crippen molar-refractivity contribution in [3.05, 3.63) is 35.9 Å². The first kappa shape index (κ1) is 13.5. The van der Waals surface area contributed by atoms with Crippen LogP contribution in [-0.2, 0) is 12.8 Å². The second-order valence-corrected chi connectivity index (χ2v) is 3.79. The van der Waals surface area contributed by atoms with Crippen LogP contribution in [0.5, 0.6) is 11.5 Å². The number of phenolic OH excluding ortho intramolecular Hbond substituents is 1. The highest BCUT2D eigenvalue weighted by Gasteiger charge is 2.16. The van der Waals surface area contributed by atoms with E-state index in [2.05, 4.69) is 6.58 Å². The topological polar surface area (TPSA) is 69.9 Å². The first-order chi connectivity index (χ1) is 8.13. The molecule has 1 rings (SSSR count). The van der Waals surface area contributed by atoms with Gasteiger partial charge in [-0.3, -0.25) is 0 Å². The molecule has 0 amide bonds. The predicted molar refractivity (Wildman–Crippen MR) is 65.4 cm³/mol. The summed E-state index contributed by atoms with van der Waals surface area (Å²) >= 11 is 0. The lowest BCUT2D eigenvalue weighted by atomic mass is 9.97. The smallest absolute Gasteiger partial charge is 0.164 e. The van der Waals surface area contributed by atoms with Crippen molar-refractivity contribution in [1.82, 2.24) is 0 Å². The molecule has 0 radical (unpaired) electrons. The highest BCUT2D eigenvalue weighted by atomic mass is 16.5. The van der Waals surface area contributed by atoms with Gasteiger partial charge in [0.1, 0.15) is 0 Å². The molecule has 0 spiro atoms. The molecule has 0 aliphatic carbocycles. The molecule has 0 saturated carbocycles. The molecule has 0 aliphatic rings. The van der Waals surface area contributed by atoms with E-state index in [1.807, 2.05) is 0 Å². The van der Waals surface area contributed by atoms with Crippen molar-refractivity contribution in [3.63, 3.8) is 0 Å². The Morgan fingerprint density at radius 2 is 2.18 bits per heavy atom. The number of phenols is 1. The number of allylic oxidation sites excluding steroid dienone is 1. The third-order valence-corrected chi connectivity index (χ3v) is 2.56. The SMILES string of the molecule is C=CCc1ccc(O)c(OC)c1CC(O)CO. The van der Waals surface area contributed by atoms with E-state index in [4.69, 9.17) is 9.84 Å². The van der Waals surface area contributed by atoms with Crippen LogP contribution in [0.4, 0.5) is 0 Å². The van der Waals surface area contributed by atoms with Crippen molar-refractivity contribution in [3.8, 4) is 11.5 Å². The average Bonchev–Trinajstić information content (AvgIpc) is 2.33. The molecule has 0 heterocycles. The average molecular weight is 238 g/mol. The summed E-state index contributed by atoms with van der Waals surface area (Å²) in [4.78, 5) is 0. The van der Waals surface area contributed by atoms with Crippen LogP contribution in [-0.4, -0.2) is 35.1 Å². The number of hydrogen-bond acceptors (Lipinski definition) is 4. The van der Waals surface area contributed by atoms with Gasteiger partial charge in [-0.1, -0.05) is 12.1 Å². The van der Waals surface area contributed by atoms with Gasteiger partial charge < -0.3 is 20.1 Å². The summed E-state index contributed by atoms with van der Waals surface area (Å²) in [5, 5.41) is 28.1. The van der Waals surface area contributed by atoms with E-state index in [0.29, 0.717) is 17.7 Å². The van der Waals surface area contributed by atoms with Gasteiger partial charge in [-0.25, -0.2) is 0 Å². The lowest BCUT2D eigenvalue weighted by Crippen LogP contribution is -2.17. The van der Waals surface area contributed by atoms with Crippen LogP contribution in [0.25, 0.3) is 0 Å². The lowest BCUT2D eigenvalue weighted by molar-refractivity contribution is 0.0947. The zero-order chi connectivity index (χ0) is 12.8. The molecule has 0 aliphatic heterocycles. The van der Waals surface area contributed by atoms with E-state index in [1.165, 1.54) is 7.11 Å². The minimum Gasteiger partial charge on any atom is -0.504 e. The zero-order valence-corrected chi connectivity index (χ0v) is 9.89. The molecule has 1 unspecified atom stereocenters. The van der Waals surface area contributed by atoms with Crippen molar-refractivity contribution in [2.75, 3.05) is 13.7 Å². The maximum Gasteiger partial charge on any atom is 0.164 e. The quantitative estimate of drug-likeness (QED) is 0.647. The van der Waals surface area contributed by atoms with Gasteiger partial charge in [-0.05, 0) is 18.1 Å². The van der Waals surface area contributed by atoms with E-state index in [1.54, 1.807) is 18.2 Å². The van der Waals surface area contributed by atoms with Gasteiger partial charge in [-0.15, -0.1) is 6.58 Å². The second kappa shape index (κ2) is 6.27. The molecule has 0 aromatic heterocycles. The molecule has 1 atom stereocenters. The fraction of sp³-hybridized carbons (Fsp3) is 0.385. The van der Waals surface area contributed by atoms with Crippen LogP contribution in [0.2, 0.25) is 0 Å². The van der Waals surface area contributed by atoms with Crippen LogP contribution in [0.1, 0.15) is 11.1 Å². The third-order valence-electron chi connectivity index (χ3n) is 2.56. The van der Waals surface area contributed by atoms with Crippen LogP contribution in [0.3, 0.4) is 0 Å². The fourth-order valence-corrected chi connectivity index (χ4v) is 1.75. The van der Waals surface area contributed by atoms with Crippen LogP contribution in [0.15, 0.2) is 24.8 Å². The van der Waals surface area contributed by atoms with E-state index in [-0.39, 0.29) is 18.8 Å². The summed E-state index contributed by atoms with van der Waals surface area (Å²) in [6.07, 6.45) is 1.72. The molecule has 4 heteroatoms. The number of ether oxygens (including phenoxy) is 1. The van der Waals surface area contributed by atoms with Gasteiger partial charge in [0.05, 0.1) is 19.8 Å². The lowest BCUT2D eigenvalue weighted by Gasteiger charge is -2.16. The Labute approximate surface area is 101 Å². The van der Waals surface area contributed by atoms with E-state index in [9.17, 15) is 10.2 Å². The van der Waals surface area contributed by atoms with Crippen molar-refractivity contribution in [2.24, 2.45) is 0 Å². The van der Waals surface area contributed by atoms with Gasteiger partial charge in [0.25, 0.3) is 0 Å². The fourth-order valence-electron chi connectivity index (χ4n) is 1.75. The Balaban J connectivity index is 3.17. The maximum atomic E-state index is 9.67. The van der Waals surface area contributed by atoms with E-state index >= 15 is 0 Å². The molecule has 1 aromatic carbocycles. The normalized spacial score (nSPS) is 12.2. The Morgan fingerprint density at radius 1 is 1.47 bits per heavy atom. The Hall–Kier alpha value is -1.52. The van der Waals surface area contributed by atoms with Gasteiger partial charge in [0.2, 0.25) is 0 Å². The number of rotatable bonds is 6. The number of methoxy groups -OCH3 is 1. The Kier molecular flexibility index (Phi) is 5.00. The van der Waals surface area contributed by atoms with Crippen LogP contribution < -0.4 is 4.74 Å². The second-order valence-electron chi connectivity index (χ2n) is 3.79. The number of hydrogen-bond donors (Lipinski definition) is 3. The standard InChI is InChI=1S/C13H18O4/c1-3-4-9-5-6-12(16)13(17-2)11(9)7-10(15)8-14/h3,5-6,10,14-16H,1,4,7-8H2,2H3. The van der Waals surface area contributed by atoms with Crippen LogP contribution in [0, 0.1) is 0 Å². The molecule has 1 aromatic rings. The van der Waals surface area contributed by atoms with Crippen molar-refractivity contribution in [1.29, 1.82) is 0 Å². The number of aliphatic hydroxyl groups excluding tert-OH is 2. The monoisotopic (exact) mass is 238 g/mol. The molecule has 94 valence electrons. The Bertz CT molecular complexity index is 387. The maximum absolute atomic E-state index is 9.67. The summed E-state index contributed by atoms with van der Waals surface area (Å²) in [5.74, 6) is 0.373. The summed E-state index contributed by atoms with van der Waals surface area (Å²) in [7, 11) is 1.46. The zero-order valence-electron chi connectivity index (χ0n) is 9.89. The minimum atomic E-state index is -0.866. The van der Waals surface area contributed by atoms with Crippen molar-refractivity contribution >= 4 is 0 Å². The van der Waals surface area contributed by atoms with Gasteiger partial charge in [0.15, 0.2) is 11.5 Å². The van der Waals surface area contributed by atoms with Gasteiger partial charge in [-0.2, -0.15) is 0 Å². The van der Waals surface area contributed by atoms with Gasteiger partial charge in [0, 0.05) is 12.0 Å².